The first-order chi connectivity index (χ1) is 6.41. The standard InChI is InChI=1S/C12H26N2/c1-10(12(2,3)4)6-7-14(5)11-8-13-9-11/h10-11,13H,6-9H2,1-5H3/p+1. The first kappa shape index (κ1) is 12.0. The molecule has 0 spiro atoms. The molecule has 1 saturated heterocycles. The summed E-state index contributed by atoms with van der Waals surface area (Å²) in [5, 5.41) is 2.38. The Morgan fingerprint density at radius 1 is 1.36 bits per heavy atom. The van der Waals surface area contributed by atoms with E-state index >= 15 is 0 Å². The van der Waals surface area contributed by atoms with Crippen molar-refractivity contribution in [2.75, 3.05) is 26.7 Å². The molecule has 2 nitrogen and oxygen atoms in total. The Morgan fingerprint density at radius 2 is 1.93 bits per heavy atom. The number of nitrogens with two attached hydrogens (primary N) is 1. The average Bonchev–Trinajstić information content (AvgIpc) is 1.94. The van der Waals surface area contributed by atoms with Gasteiger partial charge in [0.2, 0.25) is 0 Å². The number of rotatable bonds is 4. The number of hydrogen-bond acceptors (Lipinski definition) is 1. The van der Waals surface area contributed by atoms with E-state index in [9.17, 15) is 0 Å². The first-order valence-corrected chi connectivity index (χ1v) is 5.93. The molecule has 0 bridgehead atoms. The van der Waals surface area contributed by atoms with Crippen LogP contribution >= 0.6 is 0 Å². The summed E-state index contributed by atoms with van der Waals surface area (Å²) >= 11 is 0. The van der Waals surface area contributed by atoms with Crippen molar-refractivity contribution in [3.05, 3.63) is 0 Å². The minimum absolute atomic E-state index is 0.465. The summed E-state index contributed by atoms with van der Waals surface area (Å²) in [4.78, 5) is 2.53. The van der Waals surface area contributed by atoms with Gasteiger partial charge in [-0.1, -0.05) is 27.7 Å². The molecule has 1 fully saturated rings. The first-order valence-electron chi connectivity index (χ1n) is 5.93. The van der Waals surface area contributed by atoms with Crippen LogP contribution in [0.5, 0.6) is 0 Å². The lowest BCUT2D eigenvalue weighted by Gasteiger charge is -2.34. The molecule has 0 amide bonds. The van der Waals surface area contributed by atoms with Crippen LogP contribution in [0.15, 0.2) is 0 Å². The van der Waals surface area contributed by atoms with E-state index in [1.807, 2.05) is 0 Å². The smallest absolute Gasteiger partial charge is 0.108 e. The Balaban J connectivity index is 2.18. The van der Waals surface area contributed by atoms with Gasteiger partial charge in [-0.05, 0) is 31.3 Å². The summed E-state index contributed by atoms with van der Waals surface area (Å²) in [5.74, 6) is 0.814. The second kappa shape index (κ2) is 4.63. The zero-order valence-electron chi connectivity index (χ0n) is 10.5. The number of likely N-dealkylation sites (N-methyl/N-ethyl adjacent to an activating group) is 1. The van der Waals surface area contributed by atoms with Crippen LogP contribution in [0.2, 0.25) is 0 Å². The van der Waals surface area contributed by atoms with Crippen molar-refractivity contribution in [2.24, 2.45) is 11.3 Å². The lowest BCUT2D eigenvalue weighted by Crippen LogP contribution is -3.00. The maximum atomic E-state index is 2.53. The van der Waals surface area contributed by atoms with Gasteiger partial charge >= 0.3 is 0 Å². The molecule has 1 aliphatic rings. The van der Waals surface area contributed by atoms with E-state index in [0.717, 1.165) is 12.0 Å². The van der Waals surface area contributed by atoms with Crippen LogP contribution in [-0.4, -0.2) is 37.6 Å². The fraction of sp³-hybridized carbons (Fsp3) is 1.00. The number of nitrogens with zero attached hydrogens (tertiary/aromatic N) is 1. The van der Waals surface area contributed by atoms with E-state index in [2.05, 4.69) is 45.0 Å². The molecule has 0 aromatic heterocycles. The molecule has 1 atom stereocenters. The quantitative estimate of drug-likeness (QED) is 0.714. The Kier molecular flexibility index (Phi) is 3.96. The van der Waals surface area contributed by atoms with Crippen molar-refractivity contribution in [3.63, 3.8) is 0 Å². The van der Waals surface area contributed by atoms with Crippen molar-refractivity contribution in [1.82, 2.24) is 4.90 Å². The van der Waals surface area contributed by atoms with Crippen molar-refractivity contribution in [3.8, 4) is 0 Å². The SMILES string of the molecule is CC(CCN(C)C1C[NH2+]C1)C(C)(C)C. The van der Waals surface area contributed by atoms with Gasteiger partial charge in [-0.25, -0.2) is 0 Å². The van der Waals surface area contributed by atoms with Gasteiger partial charge in [-0.3, -0.25) is 4.90 Å². The molecule has 2 N–H and O–H groups in total. The van der Waals surface area contributed by atoms with Gasteiger partial charge in [0.15, 0.2) is 0 Å². The summed E-state index contributed by atoms with van der Waals surface area (Å²) in [6, 6.07) is 0.849. The van der Waals surface area contributed by atoms with Crippen LogP contribution in [0.25, 0.3) is 0 Å². The van der Waals surface area contributed by atoms with E-state index < -0.39 is 0 Å². The molecule has 0 aromatic rings. The minimum Gasteiger partial charge on any atom is -0.343 e. The van der Waals surface area contributed by atoms with Crippen molar-refractivity contribution >= 4 is 0 Å². The molecular formula is C12H27N2+. The Morgan fingerprint density at radius 3 is 2.29 bits per heavy atom. The number of quaternary nitrogens is 1. The summed E-state index contributed by atoms with van der Waals surface area (Å²) in [7, 11) is 2.27. The normalized spacial score (nSPS) is 21.0. The molecule has 0 aliphatic carbocycles. The van der Waals surface area contributed by atoms with E-state index in [1.165, 1.54) is 26.1 Å². The van der Waals surface area contributed by atoms with Gasteiger partial charge in [0, 0.05) is 0 Å². The van der Waals surface area contributed by atoms with Crippen molar-refractivity contribution in [1.29, 1.82) is 0 Å². The van der Waals surface area contributed by atoms with Gasteiger partial charge in [-0.2, -0.15) is 0 Å². The second-order valence-corrected chi connectivity index (χ2v) is 5.95. The van der Waals surface area contributed by atoms with Gasteiger partial charge in [0.1, 0.15) is 6.04 Å². The van der Waals surface area contributed by atoms with E-state index in [0.29, 0.717) is 5.41 Å². The van der Waals surface area contributed by atoms with Crippen molar-refractivity contribution < 1.29 is 5.32 Å². The Labute approximate surface area is 89.1 Å². The van der Waals surface area contributed by atoms with Gasteiger partial charge in [0.05, 0.1) is 13.1 Å². The molecule has 1 aliphatic heterocycles. The molecular weight excluding hydrogens is 172 g/mol. The lowest BCUT2D eigenvalue weighted by atomic mass is 9.80. The molecule has 1 rings (SSSR count). The van der Waals surface area contributed by atoms with Crippen molar-refractivity contribution in [2.45, 2.75) is 40.2 Å². The fourth-order valence-corrected chi connectivity index (χ4v) is 1.69. The third-order valence-corrected chi connectivity index (χ3v) is 3.89. The molecule has 0 saturated carbocycles. The average molecular weight is 199 g/mol. The molecule has 1 heterocycles. The maximum absolute atomic E-state index is 2.53. The summed E-state index contributed by atoms with van der Waals surface area (Å²) in [6.45, 7) is 13.3. The lowest BCUT2D eigenvalue weighted by molar-refractivity contribution is -0.717. The predicted octanol–water partition coefficient (Wildman–Crippen LogP) is 0.936. The van der Waals surface area contributed by atoms with Crippen LogP contribution in [0, 0.1) is 11.3 Å². The van der Waals surface area contributed by atoms with Crippen LogP contribution in [-0.2, 0) is 0 Å². The van der Waals surface area contributed by atoms with Crippen LogP contribution in [0.1, 0.15) is 34.1 Å². The van der Waals surface area contributed by atoms with Gasteiger partial charge < -0.3 is 5.32 Å². The predicted molar refractivity (Wildman–Crippen MR) is 61.3 cm³/mol. The molecule has 2 heteroatoms. The zero-order chi connectivity index (χ0) is 10.8. The third-order valence-electron chi connectivity index (χ3n) is 3.89. The molecule has 0 radical (unpaired) electrons. The highest BCUT2D eigenvalue weighted by molar-refractivity contribution is 4.75. The van der Waals surface area contributed by atoms with Crippen LogP contribution in [0.4, 0.5) is 0 Å². The third kappa shape index (κ3) is 3.25. The Hall–Kier alpha value is -0.0800. The summed E-state index contributed by atoms with van der Waals surface area (Å²) in [6.07, 6.45) is 1.33. The van der Waals surface area contributed by atoms with Gasteiger partial charge in [0.25, 0.3) is 0 Å². The molecule has 0 aromatic carbocycles. The largest absolute Gasteiger partial charge is 0.343 e. The second-order valence-electron chi connectivity index (χ2n) is 5.95. The highest BCUT2D eigenvalue weighted by Gasteiger charge is 2.27. The van der Waals surface area contributed by atoms with E-state index in [1.54, 1.807) is 0 Å². The van der Waals surface area contributed by atoms with Gasteiger partial charge in [-0.15, -0.1) is 0 Å². The molecule has 14 heavy (non-hydrogen) atoms. The minimum atomic E-state index is 0.465. The monoisotopic (exact) mass is 199 g/mol. The molecule has 84 valence electrons. The van der Waals surface area contributed by atoms with Crippen LogP contribution in [0.3, 0.4) is 0 Å². The summed E-state index contributed by atoms with van der Waals surface area (Å²) < 4.78 is 0. The Bertz CT molecular complexity index is 168. The zero-order valence-corrected chi connectivity index (χ0v) is 10.5. The van der Waals surface area contributed by atoms with Crippen LogP contribution < -0.4 is 5.32 Å². The maximum Gasteiger partial charge on any atom is 0.108 e. The topological polar surface area (TPSA) is 19.9 Å². The van der Waals surface area contributed by atoms with E-state index in [-0.39, 0.29) is 0 Å². The van der Waals surface area contributed by atoms with E-state index in [4.69, 9.17) is 0 Å². The number of hydrogen-bond donors (Lipinski definition) is 1. The highest BCUT2D eigenvalue weighted by Crippen LogP contribution is 2.28. The summed E-state index contributed by atoms with van der Waals surface area (Å²) in [5.41, 5.74) is 0.465. The molecule has 1 unspecified atom stereocenters. The highest BCUT2D eigenvalue weighted by atomic mass is 15.2. The fourth-order valence-electron chi connectivity index (χ4n) is 1.69.